The summed E-state index contributed by atoms with van der Waals surface area (Å²) in [5, 5.41) is 0. The monoisotopic (exact) mass is 3180 g/mol. The molecule has 0 spiro atoms. The Labute approximate surface area is 993 Å². The Hall–Kier alpha value is 1.20. The van der Waals surface area contributed by atoms with Crippen molar-refractivity contribution >= 4 is 151 Å². The van der Waals surface area contributed by atoms with Crippen molar-refractivity contribution in [2.75, 3.05) is 114 Å². The third-order valence-corrected chi connectivity index (χ3v) is 12.8. The Morgan fingerprint density at radius 1 is 0.196 bits per heavy atom. The Morgan fingerprint density at radius 3 is 0.341 bits per heavy atom. The van der Waals surface area contributed by atoms with Crippen LogP contribution in [-0.4, -0.2) is 84.6 Å². The van der Waals surface area contributed by atoms with E-state index in [1.165, 1.54) is 103 Å². The van der Waals surface area contributed by atoms with E-state index in [-0.39, 0.29) is 106 Å². The summed E-state index contributed by atoms with van der Waals surface area (Å²) in [6, 6.07) is 45.3. The van der Waals surface area contributed by atoms with Crippen molar-refractivity contribution in [1.82, 2.24) is 0 Å². The zero-order valence-electron chi connectivity index (χ0n) is 107. The minimum absolute atomic E-state index is 0. The Morgan fingerprint density at radius 2 is 0.275 bits per heavy atom. The molecule has 0 aliphatic heterocycles. The number of aryl methyl sites for hydroxylation is 9. The van der Waals surface area contributed by atoms with Gasteiger partial charge in [-0.2, -0.15) is 0 Å². The van der Waals surface area contributed by atoms with Crippen LogP contribution in [0.5, 0.6) is 0 Å². The van der Waals surface area contributed by atoms with Gasteiger partial charge in [0.1, 0.15) is 0 Å². The maximum absolute atomic E-state index is 2.47. The number of halogens is 6. The van der Waals surface area contributed by atoms with Crippen molar-refractivity contribution in [3.05, 3.63) is 222 Å². The van der Waals surface area contributed by atoms with Crippen LogP contribution in [0.3, 0.4) is 0 Å². The van der Waals surface area contributed by atoms with Gasteiger partial charge < -0.3 is 74.0 Å². The topological polar surface area (TPSA) is 19.4 Å². The van der Waals surface area contributed by atoms with Gasteiger partial charge in [-0.25, -0.2) is 0 Å². The van der Waals surface area contributed by atoms with E-state index in [2.05, 4.69) is 462 Å². The van der Waals surface area contributed by atoms with Crippen molar-refractivity contribution in [3.8, 4) is 0 Å². The predicted octanol–water partition coefficient (Wildman–Crippen LogP) is 49.0. The molecular formula is C122H268I6N6Pd2Pt2-6. The van der Waals surface area contributed by atoms with Crippen LogP contribution < -0.4 is 29.4 Å². The molecule has 0 atom stereocenters. The van der Waals surface area contributed by atoms with Crippen LogP contribution in [0.1, 0.15) is 458 Å². The van der Waals surface area contributed by atoms with Crippen LogP contribution in [0, 0.1) is 44.6 Å². The first-order valence-corrected chi connectivity index (χ1v) is 85.1. The van der Waals surface area contributed by atoms with E-state index in [1.807, 2.05) is 277 Å². The second-order valence-electron chi connectivity index (χ2n) is 21.6. The number of benzene rings is 6. The van der Waals surface area contributed by atoms with Crippen molar-refractivity contribution in [1.29, 1.82) is 0 Å². The van der Waals surface area contributed by atoms with Crippen molar-refractivity contribution in [3.63, 3.8) is 0 Å². The van der Waals surface area contributed by atoms with Gasteiger partial charge in [0.25, 0.3) is 0 Å². The molecule has 0 N–H and O–H groups in total. The Kier molecular flexibility index (Phi) is 425. The first-order valence-electron chi connectivity index (χ1n) is 51.9. The van der Waals surface area contributed by atoms with Crippen LogP contribution in [0.25, 0.3) is 0 Å². The molecule has 0 amide bonds. The van der Waals surface area contributed by atoms with Crippen molar-refractivity contribution in [2.24, 2.45) is 0 Å². The zero-order chi connectivity index (χ0) is 110. The molecule has 6 aromatic rings. The summed E-state index contributed by atoms with van der Waals surface area (Å²) in [6.45, 7) is 113. The molecule has 0 fully saturated rings. The maximum Gasteiger partial charge on any atom is 0 e. The summed E-state index contributed by atoms with van der Waals surface area (Å²) >= 11 is 14.7. The minimum atomic E-state index is -0.359. The first-order chi connectivity index (χ1) is 62.1. The van der Waals surface area contributed by atoms with Gasteiger partial charge in [-0.15, -0.1) is 0 Å². The third kappa shape index (κ3) is 182. The molecule has 6 nitrogen and oxygen atoms in total. The fourth-order valence-electron chi connectivity index (χ4n) is 9.11. The predicted molar refractivity (Wildman–Crippen MR) is 733 cm³/mol. The number of anilines is 6. The molecule has 138 heavy (non-hydrogen) atoms. The molecule has 0 aliphatic rings. The van der Waals surface area contributed by atoms with Gasteiger partial charge in [0.15, 0.2) is 0 Å². The maximum atomic E-state index is 2.47. The van der Waals surface area contributed by atoms with Crippen molar-refractivity contribution in [2.45, 2.75) is 465 Å². The van der Waals surface area contributed by atoms with E-state index < -0.39 is 0 Å². The molecule has 6 rings (SSSR count). The average Bonchev–Trinajstić information content (AvgIpc) is 0.846. The van der Waals surface area contributed by atoms with Gasteiger partial charge in [-0.1, -0.05) is 517 Å². The van der Waals surface area contributed by atoms with Crippen molar-refractivity contribution < 1.29 is 53.7 Å². The van der Waals surface area contributed by atoms with Crippen LogP contribution in [-0.2, 0) is 111 Å². The Balaban J connectivity index is -0.0000000263. The molecule has 16 heteroatoms. The molecule has 0 radical (unpaired) electrons. The third-order valence-electron chi connectivity index (χ3n) is 12.8. The molecule has 0 heterocycles. The molecule has 0 bridgehead atoms. The number of hydrogen-bond acceptors (Lipinski definition) is 6. The first kappa shape index (κ1) is 240. The number of para-hydroxylation sites is 6. The van der Waals surface area contributed by atoms with E-state index in [4.69, 9.17) is 0 Å². The zero-order valence-corrected chi connectivity index (χ0v) is 128. The minimum Gasteiger partial charge on any atom is 0 e. The summed E-state index contributed by atoms with van der Waals surface area (Å²) in [5.41, 5.74) is 21.1. The molecule has 0 saturated carbocycles. The molecule has 0 unspecified atom stereocenters. The summed E-state index contributed by atoms with van der Waals surface area (Å²) < 4.78 is 0. The average molecular weight is 3180 g/mol. The van der Waals surface area contributed by atoms with E-state index >= 15 is 0 Å². The summed E-state index contributed by atoms with van der Waals surface area (Å²) in [4.78, 5) is 13.1. The van der Waals surface area contributed by atoms with Gasteiger partial charge >= 0.3 is 129 Å². The molecule has 0 aliphatic carbocycles. The van der Waals surface area contributed by atoms with E-state index in [1.54, 1.807) is 0 Å². The smallest absolute Gasteiger partial charge is 0 e. The van der Waals surface area contributed by atoms with E-state index in [0.29, 0.717) is 0 Å². The van der Waals surface area contributed by atoms with Gasteiger partial charge in [0.2, 0.25) is 0 Å². The van der Waals surface area contributed by atoms with Crippen LogP contribution in [0.4, 0.5) is 34.1 Å². The summed E-state index contributed by atoms with van der Waals surface area (Å²) in [6.07, 6.45) is 13.4. The largest absolute Gasteiger partial charge is 0 e. The number of rotatable bonds is 15. The molecule has 6 aromatic carbocycles. The second-order valence-corrected chi connectivity index (χ2v) is 107. The SMILES string of the molecule is C.CC.CC.CC.CC.CC.CC.CC.CC.CC.CC.CC.CC.CC.CC.CC.CC.CC.CC.CC.CC.CCC.CCC.CCC.CCc1cccc(CC)c1N(C)C.CCc1cccc(CC)c1N(C)C.CCc1cccc(CC)c1N(C)C.CCc1ccccc1N(C)C.CCc1ccccc1N(C)C.CCc1ccccc1N(C)C.[CH3-].[CH3-].[CH3-].[CH3-].[CH3-].[CH3-].[I][Pd]([I])[I].[I][Pt]([I])[I].[Pd].[Pt]. The van der Waals surface area contributed by atoms with Crippen LogP contribution in [0.2, 0.25) is 0 Å². The standard InChI is InChI=1S/3C12H19N.3C10H15N.3C3H8.20C2H6.CH4.6CH3.6HI.2Pd.2Pt/c3*1-5-10-8-7-9-11(6-2)12(10)13(3)4;3*1-4-9-7-5-6-8-10(9)11(2)3;3*1-3-2;20*1-2;;;;;;;;;;;;;;;;;/h3*7-9H,5-6H2,1-4H3;3*5-8H,4H2,1-3H3;3*3H2,1-2H3;20*1-2H3;1H4;6*1H3;6*1H;;;;/q;;;;;;;;;;;;;;;;;;;;;;;;;;;;;;6*-1;;;;;;;;+3;;+3/p-6. The molecule has 0 saturated heterocycles. The molecule has 0 aromatic heterocycles. The van der Waals surface area contributed by atoms with Gasteiger partial charge in [0, 0.05) is 160 Å². The van der Waals surface area contributed by atoms with Crippen LogP contribution in [0.15, 0.2) is 127 Å². The molecular weight excluding hydrogens is 2910 g/mol. The Bertz CT molecular complexity index is 2250. The van der Waals surface area contributed by atoms with Gasteiger partial charge in [-0.05, 0) is 126 Å². The van der Waals surface area contributed by atoms with E-state index in [9.17, 15) is 0 Å². The number of nitrogens with zero attached hydrogens (tertiary/aromatic N) is 6. The summed E-state index contributed by atoms with van der Waals surface area (Å²) in [5.74, 6) is -0.0733. The normalized spacial score (nSPS) is 7.11. The van der Waals surface area contributed by atoms with E-state index in [0.717, 1.165) is 57.8 Å². The molecule has 874 valence electrons. The van der Waals surface area contributed by atoms with Crippen LogP contribution >= 0.6 is 117 Å². The summed E-state index contributed by atoms with van der Waals surface area (Å²) in [7, 11) is 25.2. The fraction of sp³-hybridized carbons (Fsp3) is 0.656. The van der Waals surface area contributed by atoms with Gasteiger partial charge in [-0.3, -0.25) is 0 Å². The number of hydrogen-bond donors (Lipinski definition) is 0. The second kappa shape index (κ2) is 244. The quantitative estimate of drug-likeness (QED) is 0.0576. The fourth-order valence-corrected chi connectivity index (χ4v) is 9.11. The van der Waals surface area contributed by atoms with Gasteiger partial charge in [0.05, 0.1) is 0 Å².